The van der Waals surface area contributed by atoms with Gasteiger partial charge in [0.05, 0.1) is 5.52 Å². The number of carboxylic acids is 1. The van der Waals surface area contributed by atoms with Crippen LogP contribution in [0.2, 0.25) is 0 Å². The lowest BCUT2D eigenvalue weighted by Crippen LogP contribution is -2.24. The van der Waals surface area contributed by atoms with E-state index < -0.39 is 12.0 Å². The molecule has 1 aliphatic rings. The lowest BCUT2D eigenvalue weighted by Gasteiger charge is -2.23. The summed E-state index contributed by atoms with van der Waals surface area (Å²) in [5.41, 5.74) is 1.65. The molecule has 0 saturated carbocycles. The summed E-state index contributed by atoms with van der Waals surface area (Å²) in [6.45, 7) is 0. The zero-order valence-corrected chi connectivity index (χ0v) is 9.26. The number of hydrogen-bond donors (Lipinski definition) is 2. The summed E-state index contributed by atoms with van der Waals surface area (Å²) in [6.07, 6.45) is 2.38. The number of aromatic nitrogens is 1. The molecule has 0 bridgehead atoms. The van der Waals surface area contributed by atoms with Crippen LogP contribution in [0, 0.1) is 0 Å². The molecule has 1 aliphatic heterocycles. The smallest absolute Gasteiger partial charge is 0.326 e. The lowest BCUT2D eigenvalue weighted by molar-refractivity contribution is -0.141. The van der Waals surface area contributed by atoms with Gasteiger partial charge in [-0.3, -0.25) is 0 Å². The Morgan fingerprint density at radius 2 is 2.24 bits per heavy atom. The molecule has 88 valence electrons. The van der Waals surface area contributed by atoms with Crippen LogP contribution in [0.5, 0.6) is 5.75 Å². The van der Waals surface area contributed by atoms with Crippen LogP contribution in [0.1, 0.15) is 24.6 Å². The van der Waals surface area contributed by atoms with Crippen LogP contribution in [0.15, 0.2) is 24.3 Å². The number of para-hydroxylation sites is 1. The molecule has 0 aliphatic carbocycles. The summed E-state index contributed by atoms with van der Waals surface area (Å²) in [7, 11) is 0. The third-order valence-corrected chi connectivity index (χ3v) is 3.43. The van der Waals surface area contributed by atoms with Crippen LogP contribution >= 0.6 is 0 Å². The summed E-state index contributed by atoms with van der Waals surface area (Å²) >= 11 is 0. The number of phenols is 1. The molecule has 2 N–H and O–H groups in total. The number of aromatic hydroxyl groups is 1. The Bertz CT molecular complexity index is 600. The number of aliphatic carboxylic acids is 1. The minimum atomic E-state index is -0.827. The van der Waals surface area contributed by atoms with Gasteiger partial charge in [-0.25, -0.2) is 4.79 Å². The molecule has 1 aromatic carbocycles. The van der Waals surface area contributed by atoms with Gasteiger partial charge < -0.3 is 14.8 Å². The molecule has 2 heterocycles. The normalized spacial score (nSPS) is 19.2. The fraction of sp³-hybridized carbons (Fsp3) is 0.308. The molecule has 4 nitrogen and oxygen atoms in total. The molecule has 0 radical (unpaired) electrons. The van der Waals surface area contributed by atoms with Crippen LogP contribution in [-0.4, -0.2) is 20.7 Å². The van der Waals surface area contributed by atoms with Gasteiger partial charge in [-0.15, -0.1) is 0 Å². The number of nitrogens with zero attached hydrogens (tertiary/aromatic N) is 1. The van der Waals surface area contributed by atoms with E-state index in [-0.39, 0.29) is 5.75 Å². The maximum atomic E-state index is 11.3. The third-order valence-electron chi connectivity index (χ3n) is 3.43. The van der Waals surface area contributed by atoms with E-state index in [9.17, 15) is 15.0 Å². The Hall–Kier alpha value is -1.97. The number of rotatable bonds is 1. The maximum absolute atomic E-state index is 11.3. The first-order valence-electron chi connectivity index (χ1n) is 5.73. The van der Waals surface area contributed by atoms with E-state index >= 15 is 0 Å². The van der Waals surface area contributed by atoms with E-state index in [0.717, 1.165) is 23.9 Å². The predicted molar refractivity (Wildman–Crippen MR) is 63.2 cm³/mol. The van der Waals surface area contributed by atoms with Crippen molar-refractivity contribution in [1.82, 2.24) is 4.57 Å². The number of fused-ring (bicyclic) bond motifs is 3. The second kappa shape index (κ2) is 3.52. The van der Waals surface area contributed by atoms with Gasteiger partial charge in [0.1, 0.15) is 11.8 Å². The fourth-order valence-electron chi connectivity index (χ4n) is 2.71. The highest BCUT2D eigenvalue weighted by atomic mass is 16.4. The van der Waals surface area contributed by atoms with Crippen molar-refractivity contribution in [2.75, 3.05) is 0 Å². The van der Waals surface area contributed by atoms with Gasteiger partial charge in [0.2, 0.25) is 0 Å². The average Bonchev–Trinajstić information content (AvgIpc) is 2.67. The highest BCUT2D eigenvalue weighted by Crippen LogP contribution is 2.36. The molecule has 1 aromatic heterocycles. The number of hydrogen-bond acceptors (Lipinski definition) is 2. The third kappa shape index (κ3) is 1.40. The molecule has 1 atom stereocenters. The molecule has 0 amide bonds. The van der Waals surface area contributed by atoms with Crippen molar-refractivity contribution in [2.45, 2.75) is 25.3 Å². The van der Waals surface area contributed by atoms with Crippen molar-refractivity contribution in [2.24, 2.45) is 0 Å². The Balaban J connectivity index is 2.33. The van der Waals surface area contributed by atoms with E-state index in [1.54, 1.807) is 16.7 Å². The minimum absolute atomic E-state index is 0.155. The summed E-state index contributed by atoms with van der Waals surface area (Å²) in [6, 6.07) is 6.70. The van der Waals surface area contributed by atoms with E-state index in [4.69, 9.17) is 0 Å². The summed E-state index contributed by atoms with van der Waals surface area (Å²) in [5, 5.41) is 20.1. The first-order chi connectivity index (χ1) is 8.18. The van der Waals surface area contributed by atoms with E-state index in [1.807, 2.05) is 12.1 Å². The van der Waals surface area contributed by atoms with E-state index in [1.165, 1.54) is 0 Å². The molecule has 1 unspecified atom stereocenters. The Labute approximate surface area is 98.1 Å². The zero-order valence-electron chi connectivity index (χ0n) is 9.26. The van der Waals surface area contributed by atoms with Gasteiger partial charge in [0.15, 0.2) is 0 Å². The number of carboxylic acid groups (broad SMARTS) is 1. The van der Waals surface area contributed by atoms with Gasteiger partial charge in [-0.2, -0.15) is 0 Å². The van der Waals surface area contributed by atoms with Crippen molar-refractivity contribution in [3.63, 3.8) is 0 Å². The number of benzene rings is 1. The molecular weight excluding hydrogens is 218 g/mol. The van der Waals surface area contributed by atoms with Gasteiger partial charge in [0, 0.05) is 11.1 Å². The van der Waals surface area contributed by atoms with Crippen molar-refractivity contribution in [1.29, 1.82) is 0 Å². The van der Waals surface area contributed by atoms with Crippen molar-refractivity contribution in [3.05, 3.63) is 30.0 Å². The van der Waals surface area contributed by atoms with Gasteiger partial charge in [-0.05, 0) is 31.4 Å². The molecule has 3 rings (SSSR count). The van der Waals surface area contributed by atoms with Crippen LogP contribution in [0.25, 0.3) is 10.9 Å². The van der Waals surface area contributed by atoms with Crippen molar-refractivity contribution >= 4 is 16.9 Å². The SMILES string of the molecule is O=C(O)C1CCCc2cc3cccc(O)c3n21. The monoisotopic (exact) mass is 231 g/mol. The van der Waals surface area contributed by atoms with Gasteiger partial charge in [-0.1, -0.05) is 12.1 Å². The largest absolute Gasteiger partial charge is 0.506 e. The Morgan fingerprint density at radius 3 is 3.00 bits per heavy atom. The summed E-state index contributed by atoms with van der Waals surface area (Å²) in [4.78, 5) is 11.3. The molecule has 0 spiro atoms. The second-order valence-electron chi connectivity index (χ2n) is 4.47. The van der Waals surface area contributed by atoms with Crippen LogP contribution in [0.3, 0.4) is 0 Å². The molecular formula is C13H13NO3. The van der Waals surface area contributed by atoms with Gasteiger partial charge in [0.25, 0.3) is 0 Å². The lowest BCUT2D eigenvalue weighted by atomic mass is 10.0. The highest BCUT2D eigenvalue weighted by Gasteiger charge is 2.28. The molecule has 0 fully saturated rings. The van der Waals surface area contributed by atoms with Crippen molar-refractivity contribution in [3.8, 4) is 5.75 Å². The minimum Gasteiger partial charge on any atom is -0.506 e. The molecule has 2 aromatic rings. The first-order valence-corrected chi connectivity index (χ1v) is 5.73. The zero-order chi connectivity index (χ0) is 12.0. The molecule has 0 saturated heterocycles. The molecule has 4 heteroatoms. The number of aryl methyl sites for hydroxylation is 1. The first kappa shape index (κ1) is 10.2. The van der Waals surface area contributed by atoms with Crippen LogP contribution < -0.4 is 0 Å². The van der Waals surface area contributed by atoms with E-state index in [2.05, 4.69) is 0 Å². The summed E-state index contributed by atoms with van der Waals surface area (Å²) in [5.74, 6) is -0.673. The highest BCUT2D eigenvalue weighted by molar-refractivity contribution is 5.89. The summed E-state index contributed by atoms with van der Waals surface area (Å²) < 4.78 is 1.77. The Kier molecular flexibility index (Phi) is 2.11. The maximum Gasteiger partial charge on any atom is 0.326 e. The number of carbonyl (C=O) groups is 1. The quantitative estimate of drug-likeness (QED) is 0.791. The van der Waals surface area contributed by atoms with Crippen molar-refractivity contribution < 1.29 is 15.0 Å². The Morgan fingerprint density at radius 1 is 1.41 bits per heavy atom. The number of phenolic OH excluding ortho intramolecular Hbond substituents is 1. The topological polar surface area (TPSA) is 62.5 Å². The second-order valence-corrected chi connectivity index (χ2v) is 4.47. The average molecular weight is 231 g/mol. The standard InChI is InChI=1S/C13H13NO3/c15-11-6-1-3-8-7-9-4-2-5-10(13(16)17)14(9)12(8)11/h1,3,6-7,10,15H,2,4-5H2,(H,16,17). The van der Waals surface area contributed by atoms with E-state index in [0.29, 0.717) is 11.9 Å². The molecule has 17 heavy (non-hydrogen) atoms. The van der Waals surface area contributed by atoms with Crippen LogP contribution in [0.4, 0.5) is 0 Å². The van der Waals surface area contributed by atoms with Gasteiger partial charge >= 0.3 is 5.97 Å². The predicted octanol–water partition coefficient (Wildman–Crippen LogP) is 2.31. The fourth-order valence-corrected chi connectivity index (χ4v) is 2.71. The van der Waals surface area contributed by atoms with Crippen LogP contribution in [-0.2, 0) is 11.2 Å².